The summed E-state index contributed by atoms with van der Waals surface area (Å²) in [5.41, 5.74) is 0.833. The maximum Gasteiger partial charge on any atom is 0.356 e. The summed E-state index contributed by atoms with van der Waals surface area (Å²) in [6.07, 6.45) is 0. The molecule has 0 aliphatic carbocycles. The lowest BCUT2D eigenvalue weighted by atomic mass is 9.95. The Bertz CT molecular complexity index is 648. The minimum atomic E-state index is -1.17. The van der Waals surface area contributed by atoms with Crippen LogP contribution in [0.1, 0.15) is 27.7 Å². The van der Waals surface area contributed by atoms with Gasteiger partial charge in [0, 0.05) is 0 Å². The SMILES string of the molecule is COC(=O)C(c1ccc(OC)cc1)c1cc(C(=O)O)n[nH]1. The number of benzene rings is 1. The Morgan fingerprint density at radius 2 is 1.90 bits per heavy atom. The van der Waals surface area contributed by atoms with Crippen LogP contribution < -0.4 is 4.74 Å². The molecule has 2 N–H and O–H groups in total. The number of nitrogens with one attached hydrogen (secondary N) is 1. The van der Waals surface area contributed by atoms with Gasteiger partial charge in [0.1, 0.15) is 11.7 Å². The average molecular weight is 290 g/mol. The van der Waals surface area contributed by atoms with Crippen LogP contribution in [-0.4, -0.2) is 41.5 Å². The van der Waals surface area contributed by atoms with E-state index in [2.05, 4.69) is 10.2 Å². The average Bonchev–Trinajstić information content (AvgIpc) is 2.97. The second-order valence-corrected chi connectivity index (χ2v) is 4.24. The Labute approximate surface area is 120 Å². The Balaban J connectivity index is 2.41. The molecular weight excluding hydrogens is 276 g/mol. The standard InChI is InChI=1S/C14H14N2O5/c1-20-9-5-3-8(4-6-9)12(14(19)21-2)10-7-11(13(17)18)16-15-10/h3-7,12H,1-2H3,(H,15,16)(H,17,18). The molecule has 0 bridgehead atoms. The van der Waals surface area contributed by atoms with Crippen molar-refractivity contribution in [3.8, 4) is 5.75 Å². The summed E-state index contributed by atoms with van der Waals surface area (Å²) in [4.78, 5) is 22.9. The number of H-pyrrole nitrogens is 1. The molecule has 1 atom stereocenters. The lowest BCUT2D eigenvalue weighted by Gasteiger charge is -2.13. The van der Waals surface area contributed by atoms with Crippen LogP contribution in [0.15, 0.2) is 30.3 Å². The molecule has 0 spiro atoms. The largest absolute Gasteiger partial charge is 0.497 e. The van der Waals surface area contributed by atoms with Crippen molar-refractivity contribution in [1.82, 2.24) is 10.2 Å². The molecule has 110 valence electrons. The van der Waals surface area contributed by atoms with Gasteiger partial charge in [0.05, 0.1) is 19.9 Å². The summed E-state index contributed by atoms with van der Waals surface area (Å²) >= 11 is 0. The maximum absolute atomic E-state index is 12.0. The highest BCUT2D eigenvalue weighted by Gasteiger charge is 2.26. The van der Waals surface area contributed by atoms with E-state index < -0.39 is 17.9 Å². The molecule has 0 aliphatic rings. The summed E-state index contributed by atoms with van der Waals surface area (Å²) in [6.45, 7) is 0. The van der Waals surface area contributed by atoms with E-state index in [4.69, 9.17) is 14.6 Å². The van der Waals surface area contributed by atoms with Crippen molar-refractivity contribution in [2.45, 2.75) is 5.92 Å². The number of ether oxygens (including phenoxy) is 2. The van der Waals surface area contributed by atoms with Crippen molar-refractivity contribution >= 4 is 11.9 Å². The van der Waals surface area contributed by atoms with E-state index in [9.17, 15) is 9.59 Å². The summed E-state index contributed by atoms with van der Waals surface area (Å²) < 4.78 is 9.85. The number of hydrogen-bond donors (Lipinski definition) is 2. The fourth-order valence-electron chi connectivity index (χ4n) is 1.95. The fourth-order valence-corrected chi connectivity index (χ4v) is 1.95. The smallest absolute Gasteiger partial charge is 0.356 e. The number of rotatable bonds is 5. The monoisotopic (exact) mass is 290 g/mol. The zero-order chi connectivity index (χ0) is 15.4. The molecule has 7 nitrogen and oxygen atoms in total. The van der Waals surface area contributed by atoms with E-state index in [-0.39, 0.29) is 5.69 Å². The van der Waals surface area contributed by atoms with Gasteiger partial charge in [-0.1, -0.05) is 12.1 Å². The van der Waals surface area contributed by atoms with Crippen LogP contribution in [0.2, 0.25) is 0 Å². The molecule has 1 aromatic heterocycles. The number of carboxylic acids is 1. The molecule has 7 heteroatoms. The summed E-state index contributed by atoms with van der Waals surface area (Å²) in [5, 5.41) is 15.1. The Kier molecular flexibility index (Phi) is 4.22. The fraction of sp³-hybridized carbons (Fsp3) is 0.214. The summed E-state index contributed by atoms with van der Waals surface area (Å²) in [5.74, 6) is -1.81. The molecule has 1 unspecified atom stereocenters. The second-order valence-electron chi connectivity index (χ2n) is 4.24. The van der Waals surface area contributed by atoms with Crippen molar-refractivity contribution in [3.05, 3.63) is 47.3 Å². The van der Waals surface area contributed by atoms with E-state index in [0.717, 1.165) is 0 Å². The number of methoxy groups -OCH3 is 2. The Morgan fingerprint density at radius 1 is 1.24 bits per heavy atom. The topological polar surface area (TPSA) is 102 Å². The first-order valence-corrected chi connectivity index (χ1v) is 6.07. The van der Waals surface area contributed by atoms with Gasteiger partial charge in [-0.3, -0.25) is 9.89 Å². The number of aromatic nitrogens is 2. The molecule has 0 amide bonds. The van der Waals surface area contributed by atoms with Crippen LogP contribution in [0.5, 0.6) is 5.75 Å². The predicted molar refractivity (Wildman–Crippen MR) is 72.4 cm³/mol. The normalized spacial score (nSPS) is 11.7. The third-order valence-corrected chi connectivity index (χ3v) is 3.01. The number of carbonyl (C=O) groups is 2. The molecule has 21 heavy (non-hydrogen) atoms. The zero-order valence-corrected chi connectivity index (χ0v) is 11.5. The van der Waals surface area contributed by atoms with Gasteiger partial charge in [0.2, 0.25) is 0 Å². The zero-order valence-electron chi connectivity index (χ0n) is 11.5. The van der Waals surface area contributed by atoms with Crippen LogP contribution in [0.3, 0.4) is 0 Å². The maximum atomic E-state index is 12.0. The molecule has 1 aromatic carbocycles. The lowest BCUT2D eigenvalue weighted by Crippen LogP contribution is -2.16. The number of carbonyl (C=O) groups excluding carboxylic acids is 1. The molecule has 0 fully saturated rings. The highest BCUT2D eigenvalue weighted by molar-refractivity contribution is 5.87. The lowest BCUT2D eigenvalue weighted by molar-refractivity contribution is -0.141. The predicted octanol–water partition coefficient (Wildman–Crippen LogP) is 1.42. The van der Waals surface area contributed by atoms with Crippen LogP contribution >= 0.6 is 0 Å². The number of aromatic amines is 1. The first-order valence-electron chi connectivity index (χ1n) is 6.07. The Morgan fingerprint density at radius 3 is 2.38 bits per heavy atom. The molecule has 0 aliphatic heterocycles. The minimum absolute atomic E-state index is 0.160. The minimum Gasteiger partial charge on any atom is -0.497 e. The number of carboxylic acid groups (broad SMARTS) is 1. The highest BCUT2D eigenvalue weighted by atomic mass is 16.5. The summed E-state index contributed by atoms with van der Waals surface area (Å²) in [7, 11) is 2.81. The van der Waals surface area contributed by atoms with Crippen LogP contribution in [0.4, 0.5) is 0 Å². The van der Waals surface area contributed by atoms with Gasteiger partial charge in [-0.05, 0) is 23.8 Å². The van der Waals surface area contributed by atoms with Crippen molar-refractivity contribution in [3.63, 3.8) is 0 Å². The highest BCUT2D eigenvalue weighted by Crippen LogP contribution is 2.26. The molecular formula is C14H14N2O5. The van der Waals surface area contributed by atoms with E-state index in [1.807, 2.05) is 0 Å². The van der Waals surface area contributed by atoms with E-state index in [1.165, 1.54) is 13.2 Å². The first kappa shape index (κ1) is 14.6. The quantitative estimate of drug-likeness (QED) is 0.807. The van der Waals surface area contributed by atoms with Gasteiger partial charge in [-0.2, -0.15) is 5.10 Å². The third kappa shape index (κ3) is 3.02. The van der Waals surface area contributed by atoms with E-state index in [1.54, 1.807) is 31.4 Å². The molecule has 0 radical (unpaired) electrons. The second kappa shape index (κ2) is 6.08. The molecule has 0 saturated carbocycles. The molecule has 0 saturated heterocycles. The van der Waals surface area contributed by atoms with E-state index >= 15 is 0 Å². The van der Waals surface area contributed by atoms with E-state index in [0.29, 0.717) is 17.0 Å². The third-order valence-electron chi connectivity index (χ3n) is 3.01. The van der Waals surface area contributed by atoms with Crippen LogP contribution in [0.25, 0.3) is 0 Å². The van der Waals surface area contributed by atoms with Gasteiger partial charge in [0.15, 0.2) is 5.69 Å². The van der Waals surface area contributed by atoms with Gasteiger partial charge in [0.25, 0.3) is 0 Å². The van der Waals surface area contributed by atoms with Gasteiger partial charge >= 0.3 is 11.9 Å². The van der Waals surface area contributed by atoms with Gasteiger partial charge in [-0.15, -0.1) is 0 Å². The van der Waals surface area contributed by atoms with Crippen LogP contribution in [-0.2, 0) is 9.53 Å². The number of hydrogen-bond acceptors (Lipinski definition) is 5. The summed E-state index contributed by atoms with van der Waals surface area (Å²) in [6, 6.07) is 8.15. The van der Waals surface area contributed by atoms with Crippen LogP contribution in [0, 0.1) is 0 Å². The van der Waals surface area contributed by atoms with Gasteiger partial charge < -0.3 is 14.6 Å². The number of nitrogens with zero attached hydrogens (tertiary/aromatic N) is 1. The first-order chi connectivity index (χ1) is 10.1. The number of aromatic carboxylic acids is 1. The molecule has 2 rings (SSSR count). The molecule has 2 aromatic rings. The Hall–Kier alpha value is -2.83. The van der Waals surface area contributed by atoms with Gasteiger partial charge in [-0.25, -0.2) is 4.79 Å². The van der Waals surface area contributed by atoms with Crippen molar-refractivity contribution in [2.75, 3.05) is 14.2 Å². The molecule has 1 heterocycles. The number of esters is 1. The van der Waals surface area contributed by atoms with Crippen molar-refractivity contribution in [2.24, 2.45) is 0 Å². The van der Waals surface area contributed by atoms with Crippen molar-refractivity contribution < 1.29 is 24.2 Å². The van der Waals surface area contributed by atoms with Crippen molar-refractivity contribution in [1.29, 1.82) is 0 Å².